The summed E-state index contributed by atoms with van der Waals surface area (Å²) in [5.41, 5.74) is 14.9. The number of fused-ring (bicyclic) bond motifs is 6. The highest BCUT2D eigenvalue weighted by Gasteiger charge is 2.18. The van der Waals surface area contributed by atoms with Gasteiger partial charge >= 0.3 is 0 Å². The fourth-order valence-corrected chi connectivity index (χ4v) is 8.82. The molecule has 0 unspecified atom stereocenters. The Hall–Kier alpha value is -7.36. The van der Waals surface area contributed by atoms with Crippen LogP contribution in [0.4, 0.5) is 0 Å². The Bertz CT molecular complexity index is 3080. The normalized spacial score (nSPS) is 13.8. The van der Waals surface area contributed by atoms with Gasteiger partial charge in [0.25, 0.3) is 0 Å². The largest absolute Gasteiger partial charge is 0.387 e. The van der Waals surface area contributed by atoms with Crippen LogP contribution in [-0.2, 0) is 0 Å². The second kappa shape index (κ2) is 14.3. The van der Waals surface area contributed by atoms with Crippen LogP contribution in [0.15, 0.2) is 205 Å². The van der Waals surface area contributed by atoms with Crippen molar-refractivity contribution in [1.29, 1.82) is 0 Å². The summed E-state index contributed by atoms with van der Waals surface area (Å²) < 4.78 is 0. The summed E-state index contributed by atoms with van der Waals surface area (Å²) in [6.07, 6.45) is 8.97. The molecule has 1 aliphatic carbocycles. The zero-order chi connectivity index (χ0) is 38.4. The number of aromatic nitrogens is 2. The molecule has 11 rings (SSSR count). The molecule has 0 fully saturated rings. The molecular formula is C55H39N3. The van der Waals surface area contributed by atoms with E-state index >= 15 is 0 Å². The second-order valence-electron chi connectivity index (χ2n) is 15.3. The molecule has 2 aliphatic rings. The Labute approximate surface area is 338 Å². The first-order valence-electron chi connectivity index (χ1n) is 20.2. The number of rotatable bonds is 6. The molecule has 1 N–H and O–H groups in total. The van der Waals surface area contributed by atoms with Crippen LogP contribution in [0.1, 0.15) is 18.4 Å². The predicted molar refractivity (Wildman–Crippen MR) is 243 cm³/mol. The summed E-state index contributed by atoms with van der Waals surface area (Å²) in [4.78, 5) is 10.4. The van der Waals surface area contributed by atoms with Crippen LogP contribution in [-0.4, -0.2) is 16.5 Å². The third-order valence-electron chi connectivity index (χ3n) is 11.9. The average Bonchev–Trinajstić information content (AvgIpc) is 3.31. The van der Waals surface area contributed by atoms with Gasteiger partial charge in [0, 0.05) is 35.0 Å². The van der Waals surface area contributed by atoms with Gasteiger partial charge in [-0.3, -0.25) is 0 Å². The molecule has 2 heterocycles. The number of nitrogens with zero attached hydrogens (tertiary/aromatic N) is 2. The van der Waals surface area contributed by atoms with E-state index in [4.69, 9.17) is 9.97 Å². The lowest BCUT2D eigenvalue weighted by Crippen LogP contribution is -2.18. The lowest BCUT2D eigenvalue weighted by molar-refractivity contribution is 0.825. The molecule has 8 aromatic carbocycles. The minimum atomic E-state index is 0.701. The number of dihydropyridines is 1. The van der Waals surface area contributed by atoms with Crippen molar-refractivity contribution in [3.05, 3.63) is 211 Å². The zero-order valence-electron chi connectivity index (χ0n) is 32.0. The van der Waals surface area contributed by atoms with Gasteiger partial charge in [-0.1, -0.05) is 176 Å². The van der Waals surface area contributed by atoms with Gasteiger partial charge < -0.3 is 5.32 Å². The number of nitrogens with one attached hydrogen (secondary N) is 1. The van der Waals surface area contributed by atoms with Gasteiger partial charge in [0.2, 0.25) is 0 Å². The highest BCUT2D eigenvalue weighted by molar-refractivity contribution is 6.25. The van der Waals surface area contributed by atoms with E-state index in [0.29, 0.717) is 5.82 Å². The van der Waals surface area contributed by atoms with E-state index in [1.165, 1.54) is 71.3 Å². The fraction of sp³-hybridized carbons (Fsp3) is 0.0545. The Morgan fingerprint density at radius 3 is 1.52 bits per heavy atom. The van der Waals surface area contributed by atoms with Gasteiger partial charge in [-0.05, 0) is 96.3 Å². The van der Waals surface area contributed by atoms with Gasteiger partial charge in [-0.2, -0.15) is 0 Å². The van der Waals surface area contributed by atoms with Crippen molar-refractivity contribution in [2.75, 3.05) is 6.54 Å². The van der Waals surface area contributed by atoms with Crippen molar-refractivity contribution in [2.24, 2.45) is 0 Å². The fourth-order valence-electron chi connectivity index (χ4n) is 8.82. The number of benzene rings is 8. The van der Waals surface area contributed by atoms with E-state index in [2.05, 4.69) is 200 Å². The molecule has 0 amide bonds. The summed E-state index contributed by atoms with van der Waals surface area (Å²) >= 11 is 0. The van der Waals surface area contributed by atoms with E-state index in [0.717, 1.165) is 53.0 Å². The first-order valence-corrected chi connectivity index (χ1v) is 20.2. The molecule has 3 heteroatoms. The molecule has 1 aromatic heterocycles. The minimum absolute atomic E-state index is 0.701. The van der Waals surface area contributed by atoms with Crippen LogP contribution >= 0.6 is 0 Å². The Morgan fingerprint density at radius 2 is 0.879 bits per heavy atom. The van der Waals surface area contributed by atoms with Crippen molar-refractivity contribution in [2.45, 2.75) is 12.8 Å². The van der Waals surface area contributed by atoms with E-state index in [9.17, 15) is 0 Å². The average molecular weight is 742 g/mol. The zero-order valence-corrected chi connectivity index (χ0v) is 32.0. The molecule has 0 spiro atoms. The van der Waals surface area contributed by atoms with Crippen LogP contribution in [0.25, 0.3) is 94.0 Å². The number of hydrogen-bond donors (Lipinski definition) is 1. The quantitative estimate of drug-likeness (QED) is 0.172. The Balaban J connectivity index is 0.975. The van der Waals surface area contributed by atoms with Crippen LogP contribution in [0.3, 0.4) is 0 Å². The molecule has 0 atom stereocenters. The van der Waals surface area contributed by atoms with E-state index in [-0.39, 0.29) is 0 Å². The topological polar surface area (TPSA) is 37.8 Å². The second-order valence-corrected chi connectivity index (χ2v) is 15.3. The SMILES string of the molecule is C1=CC2=C(CC1)CNC=C2c1ccc(-c2cc(-c3ccc(-c4ccccc4)cc3)nc(-c3ccc(-c4ccc5c6ccccc6c6ccccc6c5c4)cc3)n2)cc1. The summed E-state index contributed by atoms with van der Waals surface area (Å²) in [5.74, 6) is 0.701. The monoisotopic (exact) mass is 741 g/mol. The van der Waals surface area contributed by atoms with Crippen molar-refractivity contribution >= 4 is 37.9 Å². The lowest BCUT2D eigenvalue weighted by atomic mass is 9.87. The van der Waals surface area contributed by atoms with Crippen molar-refractivity contribution in [1.82, 2.24) is 15.3 Å². The number of allylic oxidation sites excluding steroid dienone is 4. The van der Waals surface area contributed by atoms with Gasteiger partial charge in [-0.25, -0.2) is 9.97 Å². The van der Waals surface area contributed by atoms with Gasteiger partial charge in [0.15, 0.2) is 5.82 Å². The smallest absolute Gasteiger partial charge is 0.160 e. The van der Waals surface area contributed by atoms with Crippen LogP contribution in [0.5, 0.6) is 0 Å². The summed E-state index contributed by atoms with van der Waals surface area (Å²) in [7, 11) is 0. The molecule has 58 heavy (non-hydrogen) atoms. The van der Waals surface area contributed by atoms with E-state index < -0.39 is 0 Å². The maximum Gasteiger partial charge on any atom is 0.160 e. The Kier molecular flexibility index (Phi) is 8.36. The maximum atomic E-state index is 5.22. The first kappa shape index (κ1) is 33.9. The highest BCUT2D eigenvalue weighted by atomic mass is 14.9. The van der Waals surface area contributed by atoms with Crippen LogP contribution in [0, 0.1) is 0 Å². The van der Waals surface area contributed by atoms with Gasteiger partial charge in [0.1, 0.15) is 0 Å². The first-order chi connectivity index (χ1) is 28.7. The van der Waals surface area contributed by atoms with Gasteiger partial charge in [0.05, 0.1) is 11.4 Å². The van der Waals surface area contributed by atoms with Crippen LogP contribution in [0.2, 0.25) is 0 Å². The molecule has 0 saturated heterocycles. The molecule has 0 bridgehead atoms. The summed E-state index contributed by atoms with van der Waals surface area (Å²) in [6, 6.07) is 63.2. The third kappa shape index (κ3) is 6.09. The summed E-state index contributed by atoms with van der Waals surface area (Å²) in [5, 5.41) is 11.2. The van der Waals surface area contributed by atoms with Crippen molar-refractivity contribution < 1.29 is 0 Å². The molecule has 0 radical (unpaired) electrons. The van der Waals surface area contributed by atoms with Gasteiger partial charge in [-0.15, -0.1) is 0 Å². The molecule has 0 saturated carbocycles. The van der Waals surface area contributed by atoms with Crippen molar-refractivity contribution in [3.8, 4) is 56.2 Å². The molecule has 3 nitrogen and oxygen atoms in total. The lowest BCUT2D eigenvalue weighted by Gasteiger charge is -2.24. The minimum Gasteiger partial charge on any atom is -0.387 e. The van der Waals surface area contributed by atoms with Crippen LogP contribution < -0.4 is 5.32 Å². The third-order valence-corrected chi connectivity index (χ3v) is 11.9. The Morgan fingerprint density at radius 1 is 0.397 bits per heavy atom. The highest BCUT2D eigenvalue weighted by Crippen LogP contribution is 2.38. The predicted octanol–water partition coefficient (Wildman–Crippen LogP) is 13.9. The molecular weight excluding hydrogens is 703 g/mol. The molecule has 274 valence electrons. The standard InChI is InChI=1S/C55H39N3/c1-2-10-36(11-3-1)37-18-24-40(25-19-37)53-33-54(41-26-22-39(23-27-41)52-35-56-34-44-12-4-5-13-45(44)52)58-55(57-53)42-28-20-38(21-29-42)43-30-31-50-48-16-7-6-14-46(48)47-15-8-9-17-49(47)51(50)32-43/h1-3,5-11,13-33,35,56H,4,12,34H2. The molecule has 9 aromatic rings. The van der Waals surface area contributed by atoms with Crippen molar-refractivity contribution in [3.63, 3.8) is 0 Å². The summed E-state index contributed by atoms with van der Waals surface area (Å²) in [6.45, 7) is 0.928. The number of hydrogen-bond acceptors (Lipinski definition) is 3. The van der Waals surface area contributed by atoms with E-state index in [1.54, 1.807) is 0 Å². The maximum absolute atomic E-state index is 5.22. The molecule has 1 aliphatic heterocycles. The van der Waals surface area contributed by atoms with E-state index in [1.807, 2.05) is 0 Å².